The molecule has 0 aliphatic carbocycles. The lowest BCUT2D eigenvalue weighted by molar-refractivity contribution is 0.0698. The van der Waals surface area contributed by atoms with E-state index >= 15 is 0 Å². The molecule has 0 bridgehead atoms. The first-order chi connectivity index (χ1) is 9.56. The van der Waals surface area contributed by atoms with Gasteiger partial charge >= 0.3 is 12.0 Å². The lowest BCUT2D eigenvalue weighted by Gasteiger charge is -2.09. The largest absolute Gasteiger partial charge is 0.478 e. The second-order valence-corrected chi connectivity index (χ2v) is 4.01. The van der Waals surface area contributed by atoms with Gasteiger partial charge in [0.05, 0.1) is 11.3 Å². The minimum absolute atomic E-state index is 0.0223. The summed E-state index contributed by atoms with van der Waals surface area (Å²) >= 11 is 0. The summed E-state index contributed by atoms with van der Waals surface area (Å²) in [4.78, 5) is 30.5. The summed E-state index contributed by atoms with van der Waals surface area (Å²) in [6.07, 6.45) is 2.97. The molecule has 0 atom stereocenters. The highest BCUT2D eigenvalue weighted by molar-refractivity contribution is 6.04. The van der Waals surface area contributed by atoms with Crippen LogP contribution in [-0.2, 0) is 0 Å². The summed E-state index contributed by atoms with van der Waals surface area (Å²) in [5.74, 6) is -0.978. The number of carboxylic acids is 1. The highest BCUT2D eigenvalue weighted by atomic mass is 16.4. The standard InChI is InChI=1S/C13H12N4O3/c1-8-3-4-10(9(7-8)11(18)19)16-13(20)17-12-14-5-2-6-15-12/h2-7H,1H3,(H,18,19)(H2,14,15,16,17,20). The van der Waals surface area contributed by atoms with Gasteiger partial charge in [0.2, 0.25) is 5.95 Å². The molecule has 0 aliphatic heterocycles. The summed E-state index contributed by atoms with van der Waals surface area (Å²) in [6.45, 7) is 1.77. The van der Waals surface area contributed by atoms with E-state index in [1.54, 1.807) is 19.1 Å². The quantitative estimate of drug-likeness (QED) is 0.793. The molecule has 3 N–H and O–H groups in total. The van der Waals surface area contributed by atoms with Crippen molar-refractivity contribution in [2.45, 2.75) is 6.92 Å². The van der Waals surface area contributed by atoms with Crippen molar-refractivity contribution in [3.05, 3.63) is 47.8 Å². The van der Waals surface area contributed by atoms with Crippen LogP contribution in [0.25, 0.3) is 0 Å². The van der Waals surface area contributed by atoms with Crippen LogP contribution < -0.4 is 10.6 Å². The van der Waals surface area contributed by atoms with Crippen molar-refractivity contribution in [2.75, 3.05) is 10.6 Å². The van der Waals surface area contributed by atoms with E-state index in [1.165, 1.54) is 24.5 Å². The summed E-state index contributed by atoms with van der Waals surface area (Å²) < 4.78 is 0. The molecule has 0 unspecified atom stereocenters. The Morgan fingerprint density at radius 1 is 1.15 bits per heavy atom. The van der Waals surface area contributed by atoms with Crippen LogP contribution in [-0.4, -0.2) is 27.1 Å². The third-order valence-electron chi connectivity index (χ3n) is 2.44. The van der Waals surface area contributed by atoms with Gasteiger partial charge in [0.1, 0.15) is 0 Å². The van der Waals surface area contributed by atoms with Crippen molar-refractivity contribution in [2.24, 2.45) is 0 Å². The number of rotatable bonds is 3. The maximum absolute atomic E-state index is 11.7. The number of nitrogens with zero attached hydrogens (tertiary/aromatic N) is 2. The molecule has 0 saturated heterocycles. The monoisotopic (exact) mass is 272 g/mol. The zero-order valence-corrected chi connectivity index (χ0v) is 10.6. The van der Waals surface area contributed by atoms with Gasteiger partial charge in [-0.2, -0.15) is 0 Å². The van der Waals surface area contributed by atoms with Crippen molar-refractivity contribution in [3.63, 3.8) is 0 Å². The number of carbonyl (C=O) groups excluding carboxylic acids is 1. The Bertz CT molecular complexity index is 643. The van der Waals surface area contributed by atoms with Crippen molar-refractivity contribution in [1.29, 1.82) is 0 Å². The number of nitrogens with one attached hydrogen (secondary N) is 2. The third-order valence-corrected chi connectivity index (χ3v) is 2.44. The number of amides is 2. The summed E-state index contributed by atoms with van der Waals surface area (Å²) in [5, 5.41) is 14.0. The fourth-order valence-corrected chi connectivity index (χ4v) is 1.56. The SMILES string of the molecule is Cc1ccc(NC(=O)Nc2ncccn2)c(C(=O)O)c1. The predicted molar refractivity (Wildman–Crippen MR) is 72.8 cm³/mol. The first-order valence-corrected chi connectivity index (χ1v) is 5.75. The van der Waals surface area contributed by atoms with Crippen LogP contribution in [0.2, 0.25) is 0 Å². The van der Waals surface area contributed by atoms with Gasteiger partial charge in [0.15, 0.2) is 0 Å². The summed E-state index contributed by atoms with van der Waals surface area (Å²) in [5.41, 5.74) is 1.02. The second kappa shape index (κ2) is 5.79. The fraction of sp³-hybridized carbons (Fsp3) is 0.0769. The normalized spacial score (nSPS) is 9.85. The van der Waals surface area contributed by atoms with Crippen LogP contribution in [0.5, 0.6) is 0 Å². The maximum Gasteiger partial charge on any atom is 0.337 e. The molecule has 2 amide bonds. The Balaban J connectivity index is 2.14. The van der Waals surface area contributed by atoms with Gasteiger partial charge in [-0.25, -0.2) is 19.6 Å². The molecular weight excluding hydrogens is 260 g/mol. The number of aromatic carboxylic acids is 1. The Kier molecular flexibility index (Phi) is 3.90. The maximum atomic E-state index is 11.7. The van der Waals surface area contributed by atoms with E-state index < -0.39 is 12.0 Å². The third kappa shape index (κ3) is 3.29. The van der Waals surface area contributed by atoms with Crippen LogP contribution in [0.4, 0.5) is 16.4 Å². The molecule has 20 heavy (non-hydrogen) atoms. The highest BCUT2D eigenvalue weighted by Gasteiger charge is 2.13. The molecule has 0 radical (unpaired) electrons. The molecule has 1 aromatic heterocycles. The number of urea groups is 1. The molecule has 2 aromatic rings. The lowest BCUT2D eigenvalue weighted by atomic mass is 10.1. The number of anilines is 2. The van der Waals surface area contributed by atoms with E-state index in [1.807, 2.05) is 0 Å². The molecule has 2 rings (SSSR count). The van der Waals surface area contributed by atoms with Gasteiger partial charge in [-0.1, -0.05) is 11.6 Å². The van der Waals surface area contributed by atoms with Crippen molar-refractivity contribution >= 4 is 23.6 Å². The molecule has 0 saturated carbocycles. The van der Waals surface area contributed by atoms with Crippen molar-refractivity contribution < 1.29 is 14.7 Å². The molecule has 0 aliphatic rings. The van der Waals surface area contributed by atoms with E-state index in [0.717, 1.165) is 5.56 Å². The first-order valence-electron chi connectivity index (χ1n) is 5.75. The zero-order valence-electron chi connectivity index (χ0n) is 10.6. The van der Waals surface area contributed by atoms with Gasteiger partial charge in [-0.15, -0.1) is 0 Å². The van der Waals surface area contributed by atoms with Gasteiger partial charge in [0.25, 0.3) is 0 Å². The van der Waals surface area contributed by atoms with Gasteiger partial charge in [-0.05, 0) is 25.1 Å². The lowest BCUT2D eigenvalue weighted by Crippen LogP contribution is -2.22. The summed E-state index contributed by atoms with van der Waals surface area (Å²) in [7, 11) is 0. The van der Waals surface area contributed by atoms with E-state index in [0.29, 0.717) is 0 Å². The molecule has 102 valence electrons. The fourth-order valence-electron chi connectivity index (χ4n) is 1.56. The first kappa shape index (κ1) is 13.5. The molecule has 7 nitrogen and oxygen atoms in total. The van der Waals surface area contributed by atoms with Gasteiger partial charge in [-0.3, -0.25) is 5.32 Å². The average Bonchev–Trinajstić information content (AvgIpc) is 2.41. The van der Waals surface area contributed by atoms with Crippen molar-refractivity contribution in [3.8, 4) is 0 Å². The Hall–Kier alpha value is -2.96. The van der Waals surface area contributed by atoms with E-state index in [9.17, 15) is 9.59 Å². The molecule has 1 aromatic carbocycles. The number of aryl methyl sites for hydroxylation is 1. The Morgan fingerprint density at radius 3 is 2.50 bits per heavy atom. The van der Waals surface area contributed by atoms with Crippen LogP contribution in [0, 0.1) is 6.92 Å². The number of benzene rings is 1. The number of hydrogen-bond acceptors (Lipinski definition) is 4. The minimum atomic E-state index is -1.11. The number of hydrogen-bond donors (Lipinski definition) is 3. The van der Waals surface area contributed by atoms with E-state index in [2.05, 4.69) is 20.6 Å². The van der Waals surface area contributed by atoms with Crippen molar-refractivity contribution in [1.82, 2.24) is 9.97 Å². The molecule has 7 heteroatoms. The number of carbonyl (C=O) groups is 2. The smallest absolute Gasteiger partial charge is 0.337 e. The molecular formula is C13H12N4O3. The van der Waals surface area contributed by atoms with E-state index in [-0.39, 0.29) is 17.2 Å². The van der Waals surface area contributed by atoms with Gasteiger partial charge in [0, 0.05) is 12.4 Å². The molecule has 0 fully saturated rings. The topological polar surface area (TPSA) is 104 Å². The van der Waals surface area contributed by atoms with Crippen LogP contribution in [0.1, 0.15) is 15.9 Å². The van der Waals surface area contributed by atoms with Gasteiger partial charge < -0.3 is 10.4 Å². The van der Waals surface area contributed by atoms with Crippen LogP contribution in [0.3, 0.4) is 0 Å². The minimum Gasteiger partial charge on any atom is -0.478 e. The number of carboxylic acid groups (broad SMARTS) is 1. The van der Waals surface area contributed by atoms with E-state index in [4.69, 9.17) is 5.11 Å². The average molecular weight is 272 g/mol. The molecule has 1 heterocycles. The summed E-state index contributed by atoms with van der Waals surface area (Å²) in [6, 6.07) is 5.73. The predicted octanol–water partition coefficient (Wildman–Crippen LogP) is 2.13. The highest BCUT2D eigenvalue weighted by Crippen LogP contribution is 2.17. The Morgan fingerprint density at radius 2 is 1.85 bits per heavy atom. The second-order valence-electron chi connectivity index (χ2n) is 4.01. The number of aromatic nitrogens is 2. The molecule has 0 spiro atoms. The Labute approximate surface area is 114 Å². The van der Waals surface area contributed by atoms with Crippen LogP contribution in [0.15, 0.2) is 36.7 Å². The zero-order chi connectivity index (χ0) is 14.5. The van der Waals surface area contributed by atoms with Crippen LogP contribution >= 0.6 is 0 Å².